The van der Waals surface area contributed by atoms with Gasteiger partial charge in [-0.05, 0) is 18.1 Å². The fraction of sp³-hybridized carbons (Fsp3) is 0.250. The smallest absolute Gasteiger partial charge is 0.306 e. The molecule has 0 aliphatic carbocycles. The molecule has 1 aromatic heterocycles. The van der Waals surface area contributed by atoms with E-state index in [1.807, 2.05) is 30.3 Å². The Morgan fingerprint density at radius 2 is 1.83 bits per heavy atom. The summed E-state index contributed by atoms with van der Waals surface area (Å²) >= 11 is 0. The molecule has 1 aromatic carbocycles. The predicted octanol–water partition coefficient (Wildman–Crippen LogP) is 1.14. The summed E-state index contributed by atoms with van der Waals surface area (Å²) in [6.45, 7) is 0. The van der Waals surface area contributed by atoms with Gasteiger partial charge < -0.3 is 4.42 Å². The highest BCUT2D eigenvalue weighted by atomic mass is 32.2. The van der Waals surface area contributed by atoms with Crippen molar-refractivity contribution in [2.75, 3.05) is 11.5 Å². The maximum absolute atomic E-state index is 12.2. The topological polar surface area (TPSA) is 105 Å². The molecule has 1 fully saturated rings. The van der Waals surface area contributed by atoms with Gasteiger partial charge in [-0.1, -0.05) is 30.3 Å². The van der Waals surface area contributed by atoms with Gasteiger partial charge in [0.15, 0.2) is 9.84 Å². The Balaban J connectivity index is 1.65. The lowest BCUT2D eigenvalue weighted by molar-refractivity contribution is -0.125. The molecule has 1 atom stereocenters. The fourth-order valence-electron chi connectivity index (χ4n) is 2.61. The third-order valence-corrected chi connectivity index (χ3v) is 5.63. The Hall–Kier alpha value is -2.61. The molecule has 8 heteroatoms. The summed E-state index contributed by atoms with van der Waals surface area (Å²) in [6.07, 6.45) is 1.66. The zero-order chi connectivity index (χ0) is 17.2. The second-order valence-corrected chi connectivity index (χ2v) is 7.80. The Labute approximate surface area is 138 Å². The normalized spacial score (nSPS) is 18.9. The monoisotopic (exact) mass is 348 g/mol. The van der Waals surface area contributed by atoms with Crippen LogP contribution in [0, 0.1) is 5.92 Å². The van der Waals surface area contributed by atoms with E-state index in [4.69, 9.17) is 4.42 Å². The van der Waals surface area contributed by atoms with Crippen molar-refractivity contribution < 1.29 is 22.4 Å². The quantitative estimate of drug-likeness (QED) is 0.809. The van der Waals surface area contributed by atoms with Crippen LogP contribution in [0.15, 0.2) is 47.1 Å². The molecule has 3 rings (SSSR count). The van der Waals surface area contributed by atoms with Crippen molar-refractivity contribution >= 4 is 21.7 Å². The van der Waals surface area contributed by atoms with E-state index in [0.29, 0.717) is 5.56 Å². The lowest BCUT2D eigenvalue weighted by Gasteiger charge is -2.10. The number of carbonyl (C=O) groups is 2. The molecule has 126 valence electrons. The second-order valence-electron chi connectivity index (χ2n) is 5.57. The number of hydrogen-bond donors (Lipinski definition) is 2. The van der Waals surface area contributed by atoms with Gasteiger partial charge in [0.25, 0.3) is 0 Å². The van der Waals surface area contributed by atoms with Crippen LogP contribution in [0.1, 0.15) is 17.0 Å². The molecular formula is C16H16N2O5S. The summed E-state index contributed by atoms with van der Waals surface area (Å²) < 4.78 is 28.0. The van der Waals surface area contributed by atoms with E-state index < -0.39 is 27.6 Å². The van der Waals surface area contributed by atoms with Crippen molar-refractivity contribution in [1.82, 2.24) is 10.9 Å². The summed E-state index contributed by atoms with van der Waals surface area (Å²) in [5.74, 6) is -1.88. The number of hydrogen-bond acceptors (Lipinski definition) is 5. The molecule has 0 saturated carbocycles. The third-order valence-electron chi connectivity index (χ3n) is 3.86. The van der Waals surface area contributed by atoms with Crippen molar-refractivity contribution in [3.63, 3.8) is 0 Å². The molecule has 0 spiro atoms. The number of sulfone groups is 1. The summed E-state index contributed by atoms with van der Waals surface area (Å²) in [6, 6.07) is 10.9. The molecule has 1 saturated heterocycles. The standard InChI is InChI=1S/C16H16N2O5S/c19-15(12-7-9-24(21,22)10-12)17-18-16(20)14-13(6-8-23-14)11-4-2-1-3-5-11/h1-6,8,12H,7,9-10H2,(H,17,19)(H,18,20)/t12-/m1/s1. The number of carbonyl (C=O) groups excluding carboxylic acids is 2. The fourth-order valence-corrected chi connectivity index (χ4v) is 4.35. The highest BCUT2D eigenvalue weighted by Crippen LogP contribution is 2.24. The molecule has 2 amide bonds. The van der Waals surface area contributed by atoms with Gasteiger partial charge in [0, 0.05) is 5.56 Å². The van der Waals surface area contributed by atoms with Crippen molar-refractivity contribution in [3.05, 3.63) is 48.4 Å². The van der Waals surface area contributed by atoms with Gasteiger partial charge in [-0.25, -0.2) is 8.42 Å². The van der Waals surface area contributed by atoms with Crippen LogP contribution in [0.4, 0.5) is 0 Å². The number of rotatable bonds is 3. The minimum Gasteiger partial charge on any atom is -0.458 e. The number of amides is 2. The van der Waals surface area contributed by atoms with Crippen LogP contribution in [0.2, 0.25) is 0 Å². The lowest BCUT2D eigenvalue weighted by atomic mass is 10.1. The summed E-state index contributed by atoms with van der Waals surface area (Å²) in [4.78, 5) is 24.1. The van der Waals surface area contributed by atoms with Crippen molar-refractivity contribution in [1.29, 1.82) is 0 Å². The maximum atomic E-state index is 12.2. The van der Waals surface area contributed by atoms with Gasteiger partial charge in [-0.3, -0.25) is 20.4 Å². The number of furan rings is 1. The van der Waals surface area contributed by atoms with E-state index in [9.17, 15) is 18.0 Å². The summed E-state index contributed by atoms with van der Waals surface area (Å²) in [5.41, 5.74) is 5.95. The lowest BCUT2D eigenvalue weighted by Crippen LogP contribution is -2.44. The molecule has 0 unspecified atom stereocenters. The third kappa shape index (κ3) is 3.48. The minimum atomic E-state index is -3.16. The molecule has 2 aromatic rings. The number of nitrogens with one attached hydrogen (secondary N) is 2. The zero-order valence-corrected chi connectivity index (χ0v) is 13.5. The largest absolute Gasteiger partial charge is 0.458 e. The molecule has 7 nitrogen and oxygen atoms in total. The van der Waals surface area contributed by atoms with E-state index in [1.165, 1.54) is 6.26 Å². The Bertz CT molecular complexity index is 858. The molecule has 1 aliphatic heterocycles. The first-order valence-electron chi connectivity index (χ1n) is 7.40. The average molecular weight is 348 g/mol. The van der Waals surface area contributed by atoms with Gasteiger partial charge in [-0.2, -0.15) is 0 Å². The minimum absolute atomic E-state index is 0.00459. The van der Waals surface area contributed by atoms with Gasteiger partial charge in [0.05, 0.1) is 23.7 Å². The Kier molecular flexibility index (Phi) is 4.39. The maximum Gasteiger partial charge on any atom is 0.306 e. The van der Waals surface area contributed by atoms with Crippen LogP contribution in [-0.2, 0) is 14.6 Å². The first-order valence-corrected chi connectivity index (χ1v) is 9.22. The van der Waals surface area contributed by atoms with Crippen LogP contribution in [0.5, 0.6) is 0 Å². The molecule has 2 heterocycles. The van der Waals surface area contributed by atoms with E-state index in [2.05, 4.69) is 10.9 Å². The SMILES string of the molecule is O=C(NNC(=O)[C@@H]1CCS(=O)(=O)C1)c1occc1-c1ccccc1. The van der Waals surface area contributed by atoms with E-state index in [0.717, 1.165) is 5.56 Å². The molecule has 24 heavy (non-hydrogen) atoms. The van der Waals surface area contributed by atoms with Crippen LogP contribution < -0.4 is 10.9 Å². The summed E-state index contributed by atoms with van der Waals surface area (Å²) in [5, 5.41) is 0. The first-order chi connectivity index (χ1) is 11.5. The Morgan fingerprint density at radius 3 is 2.50 bits per heavy atom. The molecule has 0 radical (unpaired) electrons. The van der Waals surface area contributed by atoms with Crippen molar-refractivity contribution in [3.8, 4) is 11.1 Å². The van der Waals surface area contributed by atoms with Gasteiger partial charge >= 0.3 is 5.91 Å². The molecule has 1 aliphatic rings. The van der Waals surface area contributed by atoms with E-state index >= 15 is 0 Å². The van der Waals surface area contributed by atoms with Crippen molar-refractivity contribution in [2.45, 2.75) is 6.42 Å². The predicted molar refractivity (Wildman–Crippen MR) is 86.5 cm³/mol. The second kappa shape index (κ2) is 6.48. The van der Waals surface area contributed by atoms with Crippen LogP contribution >= 0.6 is 0 Å². The molecular weight excluding hydrogens is 332 g/mol. The van der Waals surface area contributed by atoms with Crippen LogP contribution in [0.3, 0.4) is 0 Å². The first kappa shape index (κ1) is 16.3. The highest BCUT2D eigenvalue weighted by Gasteiger charge is 2.33. The van der Waals surface area contributed by atoms with Crippen LogP contribution in [-0.4, -0.2) is 31.7 Å². The summed E-state index contributed by atoms with van der Waals surface area (Å²) in [7, 11) is -3.16. The number of benzene rings is 1. The van der Waals surface area contributed by atoms with Gasteiger partial charge in [0.1, 0.15) is 0 Å². The van der Waals surface area contributed by atoms with E-state index in [1.54, 1.807) is 6.07 Å². The van der Waals surface area contributed by atoms with E-state index in [-0.39, 0.29) is 23.7 Å². The zero-order valence-electron chi connectivity index (χ0n) is 12.7. The van der Waals surface area contributed by atoms with Crippen molar-refractivity contribution in [2.24, 2.45) is 5.92 Å². The molecule has 0 bridgehead atoms. The molecule has 2 N–H and O–H groups in total. The Morgan fingerprint density at radius 1 is 1.08 bits per heavy atom. The van der Waals surface area contributed by atoms with Gasteiger partial charge in [-0.15, -0.1) is 0 Å². The highest BCUT2D eigenvalue weighted by molar-refractivity contribution is 7.91. The average Bonchev–Trinajstić information content (AvgIpc) is 3.19. The number of hydrazine groups is 1. The van der Waals surface area contributed by atoms with Gasteiger partial charge in [0.2, 0.25) is 11.7 Å². The van der Waals surface area contributed by atoms with Crippen LogP contribution in [0.25, 0.3) is 11.1 Å².